The van der Waals surface area contributed by atoms with Crippen molar-refractivity contribution in [3.63, 3.8) is 0 Å². The van der Waals surface area contributed by atoms with Gasteiger partial charge in [0.15, 0.2) is 0 Å². The molecule has 3 N–H and O–H groups in total. The minimum absolute atomic E-state index is 0.914. The third-order valence-electron chi connectivity index (χ3n) is 1.66. The fraction of sp³-hybridized carbons (Fsp3) is 0. The highest BCUT2D eigenvalue weighted by atomic mass is 15.5. The van der Waals surface area contributed by atoms with Crippen LogP contribution in [-0.4, -0.2) is 30.5 Å². The van der Waals surface area contributed by atoms with Crippen molar-refractivity contribution in [1.29, 1.82) is 0 Å². The molecule has 0 saturated carbocycles. The molecule has 3 rings (SSSR count). The summed E-state index contributed by atoms with van der Waals surface area (Å²) in [6.07, 6.45) is 3.07. The van der Waals surface area contributed by atoms with Crippen LogP contribution in [0.3, 0.4) is 0 Å². The molecular weight excluding hydrogens is 194 g/mol. The first-order chi connectivity index (χ1) is 7.36. The second-order valence-electron chi connectivity index (χ2n) is 2.70. The maximum atomic E-state index is 5.02. The lowest BCUT2D eigenvalue weighted by atomic mass is 10.3. The summed E-state index contributed by atoms with van der Waals surface area (Å²) in [6.45, 7) is 0. The Kier molecular flexibility index (Phi) is 2.54. The van der Waals surface area contributed by atoms with Gasteiger partial charge in [0.25, 0.3) is 0 Å². The molecule has 1 aromatic carbocycles. The fourth-order valence-corrected chi connectivity index (χ4v) is 1.00. The molecule has 0 spiro atoms. The Morgan fingerprint density at radius 1 is 1.13 bits per heavy atom. The minimum atomic E-state index is 0.914. The van der Waals surface area contributed by atoms with E-state index in [1.165, 1.54) is 6.20 Å². The molecule has 7 heteroatoms. The van der Waals surface area contributed by atoms with Crippen molar-refractivity contribution in [2.75, 3.05) is 5.84 Å². The van der Waals surface area contributed by atoms with Gasteiger partial charge in [-0.1, -0.05) is 12.1 Å². The van der Waals surface area contributed by atoms with Gasteiger partial charge < -0.3 is 5.84 Å². The zero-order chi connectivity index (χ0) is 10.5. The first-order valence-corrected chi connectivity index (χ1v) is 4.23. The number of hydrogen-bond acceptors (Lipinski definition) is 5. The highest BCUT2D eigenvalue weighted by Crippen LogP contribution is 2.03. The number of H-pyrrole nitrogens is 1. The Balaban J connectivity index is 0.000000124. The molecule has 0 aliphatic heterocycles. The van der Waals surface area contributed by atoms with Crippen molar-refractivity contribution in [1.82, 2.24) is 30.5 Å². The van der Waals surface area contributed by atoms with Gasteiger partial charge in [-0.2, -0.15) is 20.2 Å². The SMILES string of the molecule is Nn1ccnn1.c1ccc2n[nH]nc2c1. The molecule has 3 aromatic rings. The molecular formula is C8H9N7. The molecule has 0 radical (unpaired) electrons. The Labute approximate surface area is 84.9 Å². The molecule has 0 bridgehead atoms. The van der Waals surface area contributed by atoms with E-state index in [1.807, 2.05) is 24.3 Å². The summed E-state index contributed by atoms with van der Waals surface area (Å²) in [5, 5.41) is 17.1. The molecule has 0 atom stereocenters. The smallest absolute Gasteiger partial charge is 0.112 e. The predicted octanol–water partition coefficient (Wildman–Crippen LogP) is -0.0502. The van der Waals surface area contributed by atoms with Crippen LogP contribution >= 0.6 is 0 Å². The highest BCUT2D eigenvalue weighted by Gasteiger charge is 1.90. The van der Waals surface area contributed by atoms with Gasteiger partial charge >= 0.3 is 0 Å². The van der Waals surface area contributed by atoms with Crippen LogP contribution in [-0.2, 0) is 0 Å². The van der Waals surface area contributed by atoms with Crippen LogP contribution in [0.25, 0.3) is 11.0 Å². The van der Waals surface area contributed by atoms with E-state index >= 15 is 0 Å². The number of hydrogen-bond donors (Lipinski definition) is 2. The van der Waals surface area contributed by atoms with Gasteiger partial charge in [0, 0.05) is 0 Å². The van der Waals surface area contributed by atoms with Gasteiger partial charge in [0.05, 0.1) is 12.4 Å². The van der Waals surface area contributed by atoms with E-state index in [4.69, 9.17) is 5.84 Å². The van der Waals surface area contributed by atoms with Crippen molar-refractivity contribution < 1.29 is 0 Å². The van der Waals surface area contributed by atoms with Crippen LogP contribution < -0.4 is 5.84 Å². The number of aromatic nitrogens is 6. The average Bonchev–Trinajstić information content (AvgIpc) is 2.88. The van der Waals surface area contributed by atoms with Crippen LogP contribution in [0.5, 0.6) is 0 Å². The van der Waals surface area contributed by atoms with Gasteiger partial charge in [-0.3, -0.25) is 0 Å². The lowest BCUT2D eigenvalue weighted by Crippen LogP contribution is -2.07. The maximum Gasteiger partial charge on any atom is 0.112 e. The summed E-state index contributed by atoms with van der Waals surface area (Å²) in [5.74, 6) is 5.02. The summed E-state index contributed by atoms with van der Waals surface area (Å²) in [7, 11) is 0. The topological polar surface area (TPSA) is 98.3 Å². The van der Waals surface area contributed by atoms with E-state index in [1.54, 1.807) is 6.20 Å². The largest absolute Gasteiger partial charge is 0.322 e. The molecule has 0 aliphatic carbocycles. The minimum Gasteiger partial charge on any atom is -0.322 e. The van der Waals surface area contributed by atoms with Crippen LogP contribution in [0.15, 0.2) is 36.7 Å². The number of nitrogen functional groups attached to an aromatic ring is 1. The van der Waals surface area contributed by atoms with E-state index in [2.05, 4.69) is 25.7 Å². The van der Waals surface area contributed by atoms with Crippen molar-refractivity contribution in [3.05, 3.63) is 36.7 Å². The van der Waals surface area contributed by atoms with Crippen LogP contribution in [0.4, 0.5) is 0 Å². The number of nitrogens with zero attached hydrogens (tertiary/aromatic N) is 5. The van der Waals surface area contributed by atoms with Gasteiger partial charge in [-0.05, 0) is 17.3 Å². The Morgan fingerprint density at radius 2 is 1.80 bits per heavy atom. The Bertz CT molecular complexity index is 482. The molecule has 2 heterocycles. The maximum absolute atomic E-state index is 5.02. The number of para-hydroxylation sites is 2. The number of fused-ring (bicyclic) bond motifs is 1. The van der Waals surface area contributed by atoms with Crippen LogP contribution in [0, 0.1) is 0 Å². The molecule has 0 amide bonds. The molecule has 0 aliphatic rings. The molecule has 0 fully saturated rings. The van der Waals surface area contributed by atoms with Crippen molar-refractivity contribution in [2.24, 2.45) is 0 Å². The molecule has 2 aromatic heterocycles. The molecule has 15 heavy (non-hydrogen) atoms. The molecule has 76 valence electrons. The third kappa shape index (κ3) is 2.27. The number of aromatic amines is 1. The molecule has 7 nitrogen and oxygen atoms in total. The first-order valence-electron chi connectivity index (χ1n) is 4.23. The van der Waals surface area contributed by atoms with E-state index in [0.29, 0.717) is 0 Å². The summed E-state index contributed by atoms with van der Waals surface area (Å²) in [5.41, 5.74) is 1.83. The third-order valence-corrected chi connectivity index (χ3v) is 1.66. The van der Waals surface area contributed by atoms with E-state index in [0.717, 1.165) is 15.8 Å². The molecule has 0 unspecified atom stereocenters. The van der Waals surface area contributed by atoms with Crippen LogP contribution in [0.2, 0.25) is 0 Å². The van der Waals surface area contributed by atoms with Crippen LogP contribution in [0.1, 0.15) is 0 Å². The second kappa shape index (κ2) is 4.18. The summed E-state index contributed by atoms with van der Waals surface area (Å²) in [4.78, 5) is 1.14. The lowest BCUT2D eigenvalue weighted by Gasteiger charge is -1.78. The standard InChI is InChI=1S/C6H5N3.C2H4N4/c1-2-4-6-5(3-1)7-9-8-6;3-6-2-1-4-5-6/h1-4H,(H,7,8,9);1-2H,3H2. The van der Waals surface area contributed by atoms with Crippen molar-refractivity contribution in [3.8, 4) is 0 Å². The number of nitrogens with one attached hydrogen (secondary N) is 1. The van der Waals surface area contributed by atoms with Crippen molar-refractivity contribution >= 4 is 11.0 Å². The monoisotopic (exact) mass is 203 g/mol. The fourth-order valence-electron chi connectivity index (χ4n) is 1.00. The zero-order valence-electron chi connectivity index (χ0n) is 7.78. The first kappa shape index (κ1) is 9.13. The normalized spacial score (nSPS) is 9.60. The summed E-state index contributed by atoms with van der Waals surface area (Å²) in [6, 6.07) is 7.70. The van der Waals surface area contributed by atoms with E-state index < -0.39 is 0 Å². The average molecular weight is 203 g/mol. The number of benzene rings is 1. The lowest BCUT2D eigenvalue weighted by molar-refractivity contribution is 0.765. The van der Waals surface area contributed by atoms with E-state index in [9.17, 15) is 0 Å². The second-order valence-corrected chi connectivity index (χ2v) is 2.70. The summed E-state index contributed by atoms with van der Waals surface area (Å²) >= 11 is 0. The van der Waals surface area contributed by atoms with E-state index in [-0.39, 0.29) is 0 Å². The number of rotatable bonds is 0. The van der Waals surface area contributed by atoms with Gasteiger partial charge in [0.1, 0.15) is 11.0 Å². The van der Waals surface area contributed by atoms with Gasteiger partial charge in [-0.25, -0.2) is 0 Å². The Hall–Kier alpha value is -2.44. The zero-order valence-corrected chi connectivity index (χ0v) is 7.78. The Morgan fingerprint density at radius 3 is 2.20 bits per heavy atom. The number of nitrogens with two attached hydrogens (primary N) is 1. The van der Waals surface area contributed by atoms with Gasteiger partial charge in [-0.15, -0.1) is 5.10 Å². The van der Waals surface area contributed by atoms with Crippen molar-refractivity contribution in [2.45, 2.75) is 0 Å². The quantitative estimate of drug-likeness (QED) is 0.499. The predicted molar refractivity (Wildman–Crippen MR) is 54.1 cm³/mol. The van der Waals surface area contributed by atoms with Gasteiger partial charge in [0.2, 0.25) is 0 Å². The summed E-state index contributed by atoms with van der Waals surface area (Å²) < 4.78 is 0. The molecule has 0 saturated heterocycles. The highest BCUT2D eigenvalue weighted by molar-refractivity contribution is 5.72.